The van der Waals surface area contributed by atoms with Crippen molar-refractivity contribution < 1.29 is 14.4 Å². The summed E-state index contributed by atoms with van der Waals surface area (Å²) in [6.45, 7) is 8.37. The molecule has 0 radical (unpaired) electrons. The monoisotopic (exact) mass is 337 g/mol. The zero-order valence-electron chi connectivity index (χ0n) is 14.8. The summed E-state index contributed by atoms with van der Waals surface area (Å²) in [6, 6.07) is 3.72. The number of ether oxygens (including phenoxy) is 1. The van der Waals surface area contributed by atoms with Gasteiger partial charge in [0.15, 0.2) is 5.82 Å². The number of hydrogen-bond donors (Lipinski definition) is 2. The van der Waals surface area contributed by atoms with E-state index in [-0.39, 0.29) is 6.09 Å². The van der Waals surface area contributed by atoms with Gasteiger partial charge in [0.2, 0.25) is 0 Å². The Labute approximate surface area is 142 Å². The lowest BCUT2D eigenvalue weighted by molar-refractivity contribution is 0.0263. The van der Waals surface area contributed by atoms with Gasteiger partial charge in [-0.05, 0) is 39.3 Å². The predicted molar refractivity (Wildman–Crippen MR) is 93.9 cm³/mol. The van der Waals surface area contributed by atoms with Crippen LogP contribution in [0.4, 0.5) is 22.1 Å². The lowest BCUT2D eigenvalue weighted by atomic mass is 10.2. The molecule has 1 aliphatic rings. The highest BCUT2D eigenvalue weighted by Crippen LogP contribution is 2.22. The Bertz CT molecular complexity index is 573. The third-order valence-corrected chi connectivity index (χ3v) is 3.59. The van der Waals surface area contributed by atoms with Gasteiger partial charge < -0.3 is 20.3 Å². The van der Waals surface area contributed by atoms with E-state index in [2.05, 4.69) is 15.4 Å². The number of nitrogens with two attached hydrogens (primary N) is 1. The first kappa shape index (κ1) is 18.1. The molecular formula is C16H27N5O3. The Morgan fingerprint density at radius 1 is 1.25 bits per heavy atom. The second-order valence-corrected chi connectivity index (χ2v) is 6.72. The quantitative estimate of drug-likeness (QED) is 0.816. The summed E-state index contributed by atoms with van der Waals surface area (Å²) in [5.41, 5.74) is 8.77. The molecule has 134 valence electrons. The summed E-state index contributed by atoms with van der Waals surface area (Å²) < 4.78 is 5.45. The molecule has 0 aromatic carbocycles. The zero-order chi connectivity index (χ0) is 17.7. The molecule has 1 aromatic rings. The van der Waals surface area contributed by atoms with Crippen LogP contribution in [-0.2, 0) is 9.57 Å². The van der Waals surface area contributed by atoms with Crippen LogP contribution in [0.3, 0.4) is 0 Å². The molecule has 3 N–H and O–H groups in total. The molecule has 0 unspecified atom stereocenters. The fourth-order valence-electron chi connectivity index (χ4n) is 2.49. The van der Waals surface area contributed by atoms with E-state index in [0.717, 1.165) is 18.8 Å². The second-order valence-electron chi connectivity index (χ2n) is 6.72. The second kappa shape index (κ2) is 7.57. The summed E-state index contributed by atoms with van der Waals surface area (Å²) >= 11 is 0. The normalized spacial score (nSPS) is 15.8. The van der Waals surface area contributed by atoms with Crippen molar-refractivity contribution in [2.24, 2.45) is 0 Å². The van der Waals surface area contributed by atoms with Crippen molar-refractivity contribution in [2.45, 2.75) is 32.8 Å². The van der Waals surface area contributed by atoms with Crippen LogP contribution < -0.4 is 16.1 Å². The smallest absolute Gasteiger partial charge is 0.410 e. The first-order chi connectivity index (χ1) is 11.3. The van der Waals surface area contributed by atoms with Crippen molar-refractivity contribution in [3.63, 3.8) is 0 Å². The number of hydrogen-bond acceptors (Lipinski definition) is 7. The van der Waals surface area contributed by atoms with Crippen LogP contribution in [0.1, 0.15) is 27.2 Å². The fourth-order valence-corrected chi connectivity index (χ4v) is 2.49. The summed E-state index contributed by atoms with van der Waals surface area (Å²) in [5, 5.41) is 0. The average Bonchev–Trinajstić information content (AvgIpc) is 2.74. The lowest BCUT2D eigenvalue weighted by Gasteiger charge is -2.26. The van der Waals surface area contributed by atoms with Gasteiger partial charge in [-0.1, -0.05) is 0 Å². The maximum absolute atomic E-state index is 12.2. The molecule has 8 heteroatoms. The maximum atomic E-state index is 12.2. The van der Waals surface area contributed by atoms with Crippen molar-refractivity contribution in [1.82, 2.24) is 9.88 Å². The number of carbonyl (C=O) groups excluding carboxylic acids is 1. The van der Waals surface area contributed by atoms with E-state index in [0.29, 0.717) is 31.1 Å². The number of aromatic nitrogens is 1. The minimum atomic E-state index is -0.483. The van der Waals surface area contributed by atoms with E-state index in [1.807, 2.05) is 32.9 Å². The van der Waals surface area contributed by atoms with E-state index >= 15 is 0 Å². The van der Waals surface area contributed by atoms with Gasteiger partial charge in [0.1, 0.15) is 17.1 Å². The molecule has 1 saturated heterocycles. The molecule has 8 nitrogen and oxygen atoms in total. The van der Waals surface area contributed by atoms with Gasteiger partial charge >= 0.3 is 6.09 Å². The molecule has 0 atom stereocenters. The molecule has 0 bridgehead atoms. The number of nitrogens with zero attached hydrogens (tertiary/aromatic N) is 3. The van der Waals surface area contributed by atoms with Gasteiger partial charge in [0.05, 0.1) is 7.11 Å². The Hall–Kier alpha value is -2.22. The highest BCUT2D eigenvalue weighted by atomic mass is 16.6. The largest absolute Gasteiger partial charge is 0.444 e. The van der Waals surface area contributed by atoms with Crippen LogP contribution >= 0.6 is 0 Å². The van der Waals surface area contributed by atoms with Crippen LogP contribution in [0.5, 0.6) is 0 Å². The first-order valence-corrected chi connectivity index (χ1v) is 8.08. The fraction of sp³-hybridized carbons (Fsp3) is 0.625. The lowest BCUT2D eigenvalue weighted by Crippen LogP contribution is -2.39. The minimum absolute atomic E-state index is 0.267. The molecule has 1 fully saturated rings. The van der Waals surface area contributed by atoms with Gasteiger partial charge in [-0.25, -0.2) is 9.78 Å². The van der Waals surface area contributed by atoms with Crippen LogP contribution in [0.15, 0.2) is 12.1 Å². The topological polar surface area (TPSA) is 93.0 Å². The minimum Gasteiger partial charge on any atom is -0.444 e. The third kappa shape index (κ3) is 4.89. The van der Waals surface area contributed by atoms with Crippen LogP contribution in [-0.4, -0.2) is 54.9 Å². The SMILES string of the molecule is CONc1ccc(N2CCCN(C(=O)OC(C)(C)C)CC2)nc1N. The predicted octanol–water partition coefficient (Wildman–Crippen LogP) is 2.08. The van der Waals surface area contributed by atoms with Gasteiger partial charge in [-0.2, -0.15) is 0 Å². The van der Waals surface area contributed by atoms with Crippen molar-refractivity contribution in [2.75, 3.05) is 49.4 Å². The van der Waals surface area contributed by atoms with Crippen LogP contribution in [0.25, 0.3) is 0 Å². The van der Waals surface area contributed by atoms with E-state index in [4.69, 9.17) is 15.3 Å². The molecule has 24 heavy (non-hydrogen) atoms. The van der Waals surface area contributed by atoms with Crippen LogP contribution in [0.2, 0.25) is 0 Å². The third-order valence-electron chi connectivity index (χ3n) is 3.59. The molecule has 2 heterocycles. The van der Waals surface area contributed by atoms with E-state index in [9.17, 15) is 4.79 Å². The van der Waals surface area contributed by atoms with Crippen LogP contribution in [0, 0.1) is 0 Å². The van der Waals surface area contributed by atoms with Crippen molar-refractivity contribution >= 4 is 23.4 Å². The molecule has 0 aliphatic carbocycles. The Morgan fingerprint density at radius 3 is 2.62 bits per heavy atom. The van der Waals surface area contributed by atoms with Gasteiger partial charge in [-0.3, -0.25) is 10.3 Å². The van der Waals surface area contributed by atoms with Crippen molar-refractivity contribution in [3.05, 3.63) is 12.1 Å². The number of amides is 1. The Kier molecular flexibility index (Phi) is 5.71. The summed E-state index contributed by atoms with van der Waals surface area (Å²) in [6.07, 6.45) is 0.579. The summed E-state index contributed by atoms with van der Waals surface area (Å²) in [4.78, 5) is 25.3. The molecule has 0 saturated carbocycles. The van der Waals surface area contributed by atoms with E-state index in [1.165, 1.54) is 7.11 Å². The Balaban J connectivity index is 2.00. The molecule has 0 spiro atoms. The number of rotatable bonds is 3. The molecule has 2 rings (SSSR count). The molecule has 1 aromatic heterocycles. The number of carbonyl (C=O) groups is 1. The maximum Gasteiger partial charge on any atom is 0.410 e. The number of anilines is 3. The highest BCUT2D eigenvalue weighted by Gasteiger charge is 2.24. The first-order valence-electron chi connectivity index (χ1n) is 8.08. The van der Waals surface area contributed by atoms with E-state index < -0.39 is 5.60 Å². The van der Waals surface area contributed by atoms with Crippen molar-refractivity contribution in [3.8, 4) is 0 Å². The highest BCUT2D eigenvalue weighted by molar-refractivity contribution is 5.68. The number of pyridine rings is 1. The average molecular weight is 337 g/mol. The number of nitrogen functional groups attached to an aromatic ring is 1. The summed E-state index contributed by atoms with van der Waals surface area (Å²) in [5.74, 6) is 1.17. The number of nitrogens with one attached hydrogen (secondary N) is 1. The molecule has 1 aliphatic heterocycles. The Morgan fingerprint density at radius 2 is 2.00 bits per heavy atom. The molecular weight excluding hydrogens is 310 g/mol. The molecule has 1 amide bonds. The van der Waals surface area contributed by atoms with Gasteiger partial charge in [0, 0.05) is 26.2 Å². The van der Waals surface area contributed by atoms with Gasteiger partial charge in [-0.15, -0.1) is 0 Å². The standard InChI is InChI=1S/C16H27N5O3/c1-16(2,3)24-15(22)21-9-5-8-20(10-11-21)13-7-6-12(19-23-4)14(17)18-13/h6-7,19H,5,8-11H2,1-4H3,(H2,17,18). The van der Waals surface area contributed by atoms with Crippen molar-refractivity contribution in [1.29, 1.82) is 0 Å². The van der Waals surface area contributed by atoms with E-state index in [1.54, 1.807) is 4.90 Å². The van der Waals surface area contributed by atoms with Gasteiger partial charge in [0.25, 0.3) is 0 Å². The summed E-state index contributed by atoms with van der Waals surface area (Å²) in [7, 11) is 1.52. The zero-order valence-corrected chi connectivity index (χ0v) is 14.8.